The van der Waals surface area contributed by atoms with Gasteiger partial charge < -0.3 is 4.74 Å². The zero-order valence-corrected chi connectivity index (χ0v) is 29.1. The van der Waals surface area contributed by atoms with Gasteiger partial charge in [0.15, 0.2) is 17.5 Å². The number of benzene rings is 8. The van der Waals surface area contributed by atoms with Crippen molar-refractivity contribution in [2.75, 3.05) is 0 Å². The van der Waals surface area contributed by atoms with Gasteiger partial charge in [-0.05, 0) is 68.6 Å². The largest absolute Gasteiger partial charge is 0.456 e. The van der Waals surface area contributed by atoms with Crippen LogP contribution in [-0.2, 0) is 5.41 Å². The van der Waals surface area contributed by atoms with E-state index in [2.05, 4.69) is 152 Å². The first-order valence-corrected chi connectivity index (χ1v) is 18.3. The lowest BCUT2D eigenvalue weighted by atomic mass is 9.67. The molecule has 2 aliphatic rings. The molecule has 0 fully saturated rings. The Labute approximate surface area is 313 Å². The maximum absolute atomic E-state index is 6.45. The topological polar surface area (TPSA) is 47.9 Å². The lowest BCUT2D eigenvalue weighted by Crippen LogP contribution is -2.28. The zero-order valence-electron chi connectivity index (χ0n) is 29.1. The van der Waals surface area contributed by atoms with Crippen LogP contribution in [0.15, 0.2) is 188 Å². The molecule has 1 aromatic heterocycles. The van der Waals surface area contributed by atoms with E-state index in [0.717, 1.165) is 55.7 Å². The summed E-state index contributed by atoms with van der Waals surface area (Å²) in [5.74, 6) is 3.55. The fourth-order valence-corrected chi connectivity index (χ4v) is 8.72. The number of hydrogen-bond acceptors (Lipinski definition) is 4. The minimum atomic E-state index is -0.529. The fraction of sp³-hybridized carbons (Fsp3) is 0.0200. The molecule has 0 saturated carbocycles. The van der Waals surface area contributed by atoms with E-state index >= 15 is 0 Å². The van der Waals surface area contributed by atoms with Gasteiger partial charge in [-0.2, -0.15) is 0 Å². The number of fused-ring (bicyclic) bond motifs is 5. The highest BCUT2D eigenvalue weighted by molar-refractivity contribution is 6.04. The van der Waals surface area contributed by atoms with Gasteiger partial charge in [0, 0.05) is 27.6 Å². The molecule has 0 unspecified atom stereocenters. The molecule has 0 saturated heterocycles. The number of rotatable bonds is 5. The molecule has 1 aliphatic carbocycles. The molecule has 4 heteroatoms. The van der Waals surface area contributed by atoms with Crippen molar-refractivity contribution in [3.63, 3.8) is 0 Å². The minimum absolute atomic E-state index is 0.529. The van der Waals surface area contributed by atoms with Crippen LogP contribution in [0.5, 0.6) is 11.5 Å². The standard InChI is InChI=1S/C50H31N3O/c1-4-15-33(16-5-1)47-51-48(34-29-30-43-40(31-34)37-24-12-17-32-18-13-28-44(54-43)45(32)37)53-49(52-47)39-25-14-27-42-46(39)38-23-10-11-26-41(38)50(42,35-19-6-2-7-20-35)36-21-8-3-9-22-36/h1-31H. The zero-order chi connectivity index (χ0) is 35.6. The first kappa shape index (κ1) is 30.5. The predicted octanol–water partition coefficient (Wildman–Crippen LogP) is 12.2. The predicted molar refractivity (Wildman–Crippen MR) is 216 cm³/mol. The second-order valence-corrected chi connectivity index (χ2v) is 13.9. The summed E-state index contributed by atoms with van der Waals surface area (Å²) in [5.41, 5.74) is 11.6. The van der Waals surface area contributed by atoms with Crippen LogP contribution in [0.25, 0.3) is 67.2 Å². The van der Waals surface area contributed by atoms with Crippen molar-refractivity contribution in [2.45, 2.75) is 5.41 Å². The Kier molecular flexibility index (Phi) is 6.73. The molecule has 0 atom stereocenters. The Balaban J connectivity index is 1.16. The molecule has 0 amide bonds. The van der Waals surface area contributed by atoms with Crippen LogP contribution in [0.1, 0.15) is 22.3 Å². The maximum atomic E-state index is 6.45. The summed E-state index contributed by atoms with van der Waals surface area (Å²) in [6.07, 6.45) is 0. The molecule has 252 valence electrons. The van der Waals surface area contributed by atoms with Crippen molar-refractivity contribution in [2.24, 2.45) is 0 Å². The maximum Gasteiger partial charge on any atom is 0.164 e. The van der Waals surface area contributed by atoms with Crippen LogP contribution < -0.4 is 4.74 Å². The van der Waals surface area contributed by atoms with E-state index in [1.807, 2.05) is 36.4 Å². The van der Waals surface area contributed by atoms with Crippen molar-refractivity contribution in [1.82, 2.24) is 15.0 Å². The van der Waals surface area contributed by atoms with E-state index in [0.29, 0.717) is 17.5 Å². The van der Waals surface area contributed by atoms with Crippen molar-refractivity contribution in [3.05, 3.63) is 210 Å². The van der Waals surface area contributed by atoms with Crippen LogP contribution in [0.3, 0.4) is 0 Å². The van der Waals surface area contributed by atoms with E-state index in [4.69, 9.17) is 19.7 Å². The summed E-state index contributed by atoms with van der Waals surface area (Å²) in [6.45, 7) is 0. The van der Waals surface area contributed by atoms with Gasteiger partial charge in [-0.15, -0.1) is 0 Å². The second kappa shape index (κ2) is 11.9. The summed E-state index contributed by atoms with van der Waals surface area (Å²) in [6, 6.07) is 66.2. The van der Waals surface area contributed by atoms with Gasteiger partial charge in [-0.25, -0.2) is 15.0 Å². The quantitative estimate of drug-likeness (QED) is 0.180. The van der Waals surface area contributed by atoms with Crippen LogP contribution >= 0.6 is 0 Å². The van der Waals surface area contributed by atoms with Gasteiger partial charge >= 0.3 is 0 Å². The molecule has 9 aromatic rings. The van der Waals surface area contributed by atoms with E-state index in [1.54, 1.807) is 0 Å². The van der Waals surface area contributed by atoms with E-state index in [-0.39, 0.29) is 0 Å². The molecular weight excluding hydrogens is 659 g/mol. The number of nitrogens with zero attached hydrogens (tertiary/aromatic N) is 3. The Bertz CT molecular complexity index is 2860. The van der Waals surface area contributed by atoms with Gasteiger partial charge in [-0.3, -0.25) is 0 Å². The highest BCUT2D eigenvalue weighted by atomic mass is 16.5. The Morgan fingerprint density at radius 1 is 0.370 bits per heavy atom. The third kappa shape index (κ3) is 4.47. The number of hydrogen-bond donors (Lipinski definition) is 0. The van der Waals surface area contributed by atoms with Crippen molar-refractivity contribution < 1.29 is 4.74 Å². The molecule has 54 heavy (non-hydrogen) atoms. The van der Waals surface area contributed by atoms with E-state index in [1.165, 1.54) is 27.8 Å². The smallest absolute Gasteiger partial charge is 0.164 e. The molecule has 0 N–H and O–H groups in total. The summed E-state index contributed by atoms with van der Waals surface area (Å²) in [7, 11) is 0. The molecule has 11 rings (SSSR count). The van der Waals surface area contributed by atoms with Crippen LogP contribution in [-0.4, -0.2) is 15.0 Å². The van der Waals surface area contributed by atoms with E-state index in [9.17, 15) is 0 Å². The van der Waals surface area contributed by atoms with Gasteiger partial charge in [0.25, 0.3) is 0 Å². The summed E-state index contributed by atoms with van der Waals surface area (Å²) in [5, 5.41) is 2.26. The Morgan fingerprint density at radius 2 is 0.944 bits per heavy atom. The lowest BCUT2D eigenvalue weighted by molar-refractivity contribution is 0.487. The van der Waals surface area contributed by atoms with Gasteiger partial charge in [0.2, 0.25) is 0 Å². The van der Waals surface area contributed by atoms with Crippen LogP contribution in [0.2, 0.25) is 0 Å². The Morgan fingerprint density at radius 3 is 1.70 bits per heavy atom. The summed E-state index contributed by atoms with van der Waals surface area (Å²) >= 11 is 0. The van der Waals surface area contributed by atoms with Gasteiger partial charge in [-0.1, -0.05) is 164 Å². The third-order valence-corrected chi connectivity index (χ3v) is 11.0. The van der Waals surface area contributed by atoms with E-state index < -0.39 is 5.41 Å². The normalized spacial score (nSPS) is 13.1. The molecule has 2 heterocycles. The van der Waals surface area contributed by atoms with Crippen LogP contribution in [0.4, 0.5) is 0 Å². The first-order chi connectivity index (χ1) is 26.8. The molecule has 0 radical (unpaired) electrons. The Hall–Kier alpha value is -7.17. The summed E-state index contributed by atoms with van der Waals surface area (Å²) < 4.78 is 6.45. The third-order valence-electron chi connectivity index (χ3n) is 11.0. The highest BCUT2D eigenvalue weighted by Gasteiger charge is 2.47. The first-order valence-electron chi connectivity index (χ1n) is 18.3. The van der Waals surface area contributed by atoms with Crippen molar-refractivity contribution in [3.8, 4) is 67.9 Å². The highest BCUT2D eigenvalue weighted by Crippen LogP contribution is 2.58. The van der Waals surface area contributed by atoms with Crippen molar-refractivity contribution >= 4 is 10.8 Å². The average Bonchev–Trinajstić information content (AvgIpc) is 3.56. The monoisotopic (exact) mass is 689 g/mol. The van der Waals surface area contributed by atoms with Crippen molar-refractivity contribution in [1.29, 1.82) is 0 Å². The summed E-state index contributed by atoms with van der Waals surface area (Å²) in [4.78, 5) is 15.7. The fourth-order valence-electron chi connectivity index (χ4n) is 8.72. The van der Waals surface area contributed by atoms with Gasteiger partial charge in [0.1, 0.15) is 11.5 Å². The SMILES string of the molecule is c1ccc(-c2nc(-c3ccc4c(c3)-c3cccc5cccc(c35)O4)nc(-c3cccc4c3-c3ccccc3C4(c3ccccc3)c3ccccc3)n2)cc1. The number of ether oxygens (including phenoxy) is 1. The molecule has 4 nitrogen and oxygen atoms in total. The molecule has 0 bridgehead atoms. The molecule has 1 aliphatic heterocycles. The lowest BCUT2D eigenvalue weighted by Gasteiger charge is -2.33. The molecule has 8 aromatic carbocycles. The minimum Gasteiger partial charge on any atom is -0.456 e. The number of aromatic nitrogens is 3. The second-order valence-electron chi connectivity index (χ2n) is 13.9. The average molecular weight is 690 g/mol. The van der Waals surface area contributed by atoms with Gasteiger partial charge in [0.05, 0.1) is 5.41 Å². The molecular formula is C50H31N3O. The molecule has 0 spiro atoms. The van der Waals surface area contributed by atoms with Crippen LogP contribution in [0, 0.1) is 0 Å².